The van der Waals surface area contributed by atoms with E-state index in [-0.39, 0.29) is 5.91 Å². The summed E-state index contributed by atoms with van der Waals surface area (Å²) in [5.74, 6) is 1.02. The Morgan fingerprint density at radius 2 is 1.92 bits per heavy atom. The van der Waals surface area contributed by atoms with Gasteiger partial charge < -0.3 is 14.8 Å². The summed E-state index contributed by atoms with van der Waals surface area (Å²) in [4.78, 5) is 14.7. The van der Waals surface area contributed by atoms with Crippen LogP contribution in [0.1, 0.15) is 38.1 Å². The van der Waals surface area contributed by atoms with E-state index in [1.54, 1.807) is 31.4 Å². The van der Waals surface area contributed by atoms with E-state index in [1.165, 1.54) is 0 Å². The third-order valence-corrected chi connectivity index (χ3v) is 3.76. The predicted molar refractivity (Wildman–Crippen MR) is 98.0 cm³/mol. The van der Waals surface area contributed by atoms with Gasteiger partial charge in [-0.1, -0.05) is 12.7 Å². The molecule has 1 N–H and O–H groups in total. The van der Waals surface area contributed by atoms with E-state index in [1.807, 2.05) is 0 Å². The largest absolute Gasteiger partial charge is 0.493 e. The van der Waals surface area contributed by atoms with Gasteiger partial charge in [-0.25, -0.2) is 0 Å². The van der Waals surface area contributed by atoms with Gasteiger partial charge in [-0.2, -0.15) is 0 Å². The molecule has 1 aromatic carbocycles. The van der Waals surface area contributed by atoms with Gasteiger partial charge >= 0.3 is 0 Å². The van der Waals surface area contributed by atoms with E-state index in [2.05, 4.69) is 44.5 Å². The van der Waals surface area contributed by atoms with Crippen LogP contribution in [0.15, 0.2) is 30.9 Å². The van der Waals surface area contributed by atoms with Crippen LogP contribution < -0.4 is 14.8 Å². The molecule has 24 heavy (non-hydrogen) atoms. The molecule has 5 nitrogen and oxygen atoms in total. The Hall–Kier alpha value is -2.01. The van der Waals surface area contributed by atoms with E-state index >= 15 is 0 Å². The minimum atomic E-state index is -0.115. The lowest BCUT2D eigenvalue weighted by Gasteiger charge is -2.30. The van der Waals surface area contributed by atoms with Gasteiger partial charge in [0.05, 0.1) is 7.11 Å². The molecule has 0 radical (unpaired) electrons. The first-order valence-corrected chi connectivity index (χ1v) is 8.36. The Morgan fingerprint density at radius 3 is 2.46 bits per heavy atom. The van der Waals surface area contributed by atoms with E-state index < -0.39 is 0 Å². The summed E-state index contributed by atoms with van der Waals surface area (Å²) in [6.45, 7) is 14.1. The molecule has 0 aromatic heterocycles. The van der Waals surface area contributed by atoms with Crippen molar-refractivity contribution < 1.29 is 14.3 Å². The lowest BCUT2D eigenvalue weighted by Crippen LogP contribution is -2.42. The third kappa shape index (κ3) is 5.89. The molecule has 0 unspecified atom stereocenters. The number of hydrogen-bond acceptors (Lipinski definition) is 4. The Bertz CT molecular complexity index is 533. The number of amides is 1. The highest BCUT2D eigenvalue weighted by atomic mass is 16.5. The van der Waals surface area contributed by atoms with Crippen LogP contribution in [0.3, 0.4) is 0 Å². The first kappa shape index (κ1) is 20.0. The smallest absolute Gasteiger partial charge is 0.251 e. The summed E-state index contributed by atoms with van der Waals surface area (Å²) in [6.07, 6.45) is 1.66. The van der Waals surface area contributed by atoms with Crippen LogP contribution in [0.4, 0.5) is 0 Å². The van der Waals surface area contributed by atoms with Crippen LogP contribution in [0, 0.1) is 0 Å². The van der Waals surface area contributed by atoms with Crippen molar-refractivity contribution in [1.29, 1.82) is 0 Å². The number of hydrogen-bond donors (Lipinski definition) is 1. The molecule has 0 spiro atoms. The Morgan fingerprint density at radius 1 is 1.25 bits per heavy atom. The van der Waals surface area contributed by atoms with Crippen LogP contribution in [-0.4, -0.2) is 49.7 Å². The number of nitrogens with one attached hydrogen (secondary N) is 1. The normalized spacial score (nSPS) is 11.0. The van der Waals surface area contributed by atoms with Gasteiger partial charge in [0, 0.05) is 30.7 Å². The van der Waals surface area contributed by atoms with Crippen LogP contribution in [0.2, 0.25) is 0 Å². The fourth-order valence-corrected chi connectivity index (χ4v) is 2.59. The highest BCUT2D eigenvalue weighted by Gasteiger charge is 2.14. The van der Waals surface area contributed by atoms with Gasteiger partial charge in [-0.15, -0.1) is 0 Å². The number of carbonyl (C=O) groups excluding carboxylic acids is 1. The zero-order chi connectivity index (χ0) is 18.1. The van der Waals surface area contributed by atoms with Crippen molar-refractivity contribution in [2.75, 3.05) is 26.8 Å². The van der Waals surface area contributed by atoms with Crippen molar-refractivity contribution in [1.82, 2.24) is 10.2 Å². The number of nitrogens with zero attached hydrogens (tertiary/aromatic N) is 1. The zero-order valence-corrected chi connectivity index (χ0v) is 15.5. The van der Waals surface area contributed by atoms with Crippen LogP contribution >= 0.6 is 0 Å². The van der Waals surface area contributed by atoms with Crippen molar-refractivity contribution in [3.05, 3.63) is 36.4 Å². The minimum absolute atomic E-state index is 0.115. The van der Waals surface area contributed by atoms with Gasteiger partial charge in [0.1, 0.15) is 6.61 Å². The maximum atomic E-state index is 12.3. The molecule has 0 aliphatic carbocycles. The molecule has 0 fully saturated rings. The molecule has 0 heterocycles. The van der Waals surface area contributed by atoms with Crippen molar-refractivity contribution >= 4 is 5.91 Å². The monoisotopic (exact) mass is 334 g/mol. The van der Waals surface area contributed by atoms with E-state index in [9.17, 15) is 4.79 Å². The lowest BCUT2D eigenvalue weighted by molar-refractivity contribution is 0.0939. The number of methoxy groups -OCH3 is 1. The number of carbonyl (C=O) groups is 1. The number of ether oxygens (including phenoxy) is 2. The fraction of sp³-hybridized carbons (Fsp3) is 0.526. The summed E-state index contributed by atoms with van der Waals surface area (Å²) >= 11 is 0. The number of benzene rings is 1. The molecular formula is C19H30N2O3. The molecule has 0 aliphatic heterocycles. The molecule has 0 saturated carbocycles. The molecule has 5 heteroatoms. The molecule has 1 rings (SSSR count). The Labute approximate surface area is 145 Å². The first-order valence-electron chi connectivity index (χ1n) is 8.36. The third-order valence-electron chi connectivity index (χ3n) is 3.76. The van der Waals surface area contributed by atoms with Crippen LogP contribution in [0.25, 0.3) is 0 Å². The van der Waals surface area contributed by atoms with E-state index in [0.717, 1.165) is 6.54 Å². The molecule has 1 amide bonds. The van der Waals surface area contributed by atoms with Gasteiger partial charge in [0.15, 0.2) is 11.5 Å². The highest BCUT2D eigenvalue weighted by molar-refractivity contribution is 5.94. The zero-order valence-electron chi connectivity index (χ0n) is 15.5. The summed E-state index contributed by atoms with van der Waals surface area (Å²) in [7, 11) is 1.56. The topological polar surface area (TPSA) is 50.8 Å². The minimum Gasteiger partial charge on any atom is -0.493 e. The maximum absolute atomic E-state index is 12.3. The second kappa shape index (κ2) is 9.98. The first-order chi connectivity index (χ1) is 11.4. The average Bonchev–Trinajstić information content (AvgIpc) is 2.55. The molecule has 1 aromatic rings. The van der Waals surface area contributed by atoms with Crippen molar-refractivity contribution in [3.63, 3.8) is 0 Å². The lowest BCUT2D eigenvalue weighted by atomic mass is 10.2. The fourth-order valence-electron chi connectivity index (χ4n) is 2.59. The number of rotatable bonds is 10. The van der Waals surface area contributed by atoms with Crippen molar-refractivity contribution in [3.8, 4) is 11.5 Å². The van der Waals surface area contributed by atoms with Gasteiger partial charge in [0.25, 0.3) is 5.91 Å². The molecule has 0 atom stereocenters. The highest BCUT2D eigenvalue weighted by Crippen LogP contribution is 2.28. The Balaban J connectivity index is 2.66. The van der Waals surface area contributed by atoms with Crippen LogP contribution in [0.5, 0.6) is 11.5 Å². The predicted octanol–water partition coefficient (Wildman–Crippen LogP) is 3.11. The molecule has 0 aliphatic rings. The standard InChI is InChI=1S/C19H30N2O3/c1-7-12-24-17-9-8-16(13-18(17)23-6)19(22)20-10-11-21(14(2)3)15(4)5/h7-9,13-15H,1,10-12H2,2-6H3,(H,20,22). The molecule has 0 bridgehead atoms. The quantitative estimate of drug-likeness (QED) is 0.668. The molecule has 134 valence electrons. The summed E-state index contributed by atoms with van der Waals surface area (Å²) in [6, 6.07) is 6.06. The molecule has 0 saturated heterocycles. The average molecular weight is 334 g/mol. The summed E-state index contributed by atoms with van der Waals surface area (Å²) in [5.41, 5.74) is 0.554. The van der Waals surface area contributed by atoms with Crippen molar-refractivity contribution in [2.24, 2.45) is 0 Å². The van der Waals surface area contributed by atoms with Crippen LogP contribution in [-0.2, 0) is 0 Å². The SMILES string of the molecule is C=CCOc1ccc(C(=O)NCCN(C(C)C)C(C)C)cc1OC. The summed E-state index contributed by atoms with van der Waals surface area (Å²) < 4.78 is 10.8. The van der Waals surface area contributed by atoms with E-state index in [4.69, 9.17) is 9.47 Å². The van der Waals surface area contributed by atoms with Gasteiger partial charge in [-0.05, 0) is 45.9 Å². The summed E-state index contributed by atoms with van der Waals surface area (Å²) in [5, 5.41) is 2.96. The van der Waals surface area contributed by atoms with Gasteiger partial charge in [-0.3, -0.25) is 9.69 Å². The second-order valence-corrected chi connectivity index (χ2v) is 6.15. The van der Waals surface area contributed by atoms with E-state index in [0.29, 0.717) is 42.3 Å². The Kier molecular flexibility index (Phi) is 8.33. The van der Waals surface area contributed by atoms with Crippen molar-refractivity contribution in [2.45, 2.75) is 39.8 Å². The maximum Gasteiger partial charge on any atom is 0.251 e. The second-order valence-electron chi connectivity index (χ2n) is 6.15. The molecular weight excluding hydrogens is 304 g/mol. The van der Waals surface area contributed by atoms with Gasteiger partial charge in [0.2, 0.25) is 0 Å².